The second-order valence-electron chi connectivity index (χ2n) is 5.22. The summed E-state index contributed by atoms with van der Waals surface area (Å²) in [4.78, 5) is 11.4. The van der Waals surface area contributed by atoms with Gasteiger partial charge >= 0.3 is 5.97 Å². The van der Waals surface area contributed by atoms with Crippen LogP contribution in [0.1, 0.15) is 53.4 Å². The first-order valence-electron chi connectivity index (χ1n) is 6.98. The standard InChI is InChI=1S/C13H27NO5S/c1-5-12(6-2,11(15)16)9-19-10-13(7-3,8-4)20(14,17)18/h5-10H2,1-4H3,(H,15,16)(H2,14,17,18). The molecule has 7 heteroatoms. The number of carboxylic acid groups (broad SMARTS) is 1. The monoisotopic (exact) mass is 309 g/mol. The summed E-state index contributed by atoms with van der Waals surface area (Å²) in [6.45, 7) is 6.96. The van der Waals surface area contributed by atoms with Gasteiger partial charge in [0.05, 0.1) is 18.6 Å². The van der Waals surface area contributed by atoms with Crippen LogP contribution in [0.5, 0.6) is 0 Å². The Labute approximate surface area is 121 Å². The van der Waals surface area contributed by atoms with E-state index in [1.807, 2.05) is 0 Å². The third-order valence-electron chi connectivity index (χ3n) is 4.44. The molecule has 0 spiro atoms. The Bertz CT molecular complexity index is 410. The molecule has 0 fully saturated rings. The Morgan fingerprint density at radius 3 is 1.75 bits per heavy atom. The van der Waals surface area contributed by atoms with E-state index in [-0.39, 0.29) is 13.2 Å². The fraction of sp³-hybridized carbons (Fsp3) is 0.923. The third-order valence-corrected chi connectivity index (χ3v) is 6.35. The average molecular weight is 309 g/mol. The van der Waals surface area contributed by atoms with Gasteiger partial charge in [-0.2, -0.15) is 0 Å². The van der Waals surface area contributed by atoms with Crippen molar-refractivity contribution >= 4 is 16.0 Å². The van der Waals surface area contributed by atoms with Crippen LogP contribution in [0.15, 0.2) is 0 Å². The molecule has 0 aromatic carbocycles. The van der Waals surface area contributed by atoms with E-state index in [1.54, 1.807) is 27.7 Å². The maximum atomic E-state index is 11.7. The van der Waals surface area contributed by atoms with Crippen molar-refractivity contribution in [1.82, 2.24) is 0 Å². The normalized spacial score (nSPS) is 13.4. The lowest BCUT2D eigenvalue weighted by atomic mass is 9.83. The van der Waals surface area contributed by atoms with Crippen LogP contribution in [0.25, 0.3) is 0 Å². The lowest BCUT2D eigenvalue weighted by Gasteiger charge is -2.32. The van der Waals surface area contributed by atoms with E-state index in [0.29, 0.717) is 25.7 Å². The number of nitrogens with two attached hydrogens (primary N) is 1. The van der Waals surface area contributed by atoms with E-state index < -0.39 is 26.2 Å². The molecule has 3 N–H and O–H groups in total. The number of carboxylic acids is 1. The van der Waals surface area contributed by atoms with Crippen molar-refractivity contribution in [3.05, 3.63) is 0 Å². The van der Waals surface area contributed by atoms with Crippen molar-refractivity contribution < 1.29 is 23.1 Å². The van der Waals surface area contributed by atoms with Crippen molar-refractivity contribution in [3.63, 3.8) is 0 Å². The van der Waals surface area contributed by atoms with E-state index in [1.165, 1.54) is 0 Å². The van der Waals surface area contributed by atoms with Gasteiger partial charge in [-0.3, -0.25) is 4.79 Å². The summed E-state index contributed by atoms with van der Waals surface area (Å²) in [6.07, 6.45) is 1.53. The van der Waals surface area contributed by atoms with Crippen LogP contribution in [0, 0.1) is 5.41 Å². The summed E-state index contributed by atoms with van der Waals surface area (Å²) in [6, 6.07) is 0. The fourth-order valence-electron chi connectivity index (χ4n) is 2.19. The molecular formula is C13H27NO5S. The van der Waals surface area contributed by atoms with E-state index in [4.69, 9.17) is 9.88 Å². The van der Waals surface area contributed by atoms with Crippen LogP contribution < -0.4 is 5.14 Å². The van der Waals surface area contributed by atoms with Gasteiger partial charge < -0.3 is 9.84 Å². The fourth-order valence-corrected chi connectivity index (χ4v) is 3.24. The molecule has 0 aromatic heterocycles. The Kier molecular flexibility index (Phi) is 7.13. The molecule has 0 saturated carbocycles. The molecule has 0 atom stereocenters. The molecule has 0 aliphatic heterocycles. The number of hydrogen-bond donors (Lipinski definition) is 2. The highest BCUT2D eigenvalue weighted by atomic mass is 32.2. The predicted octanol–water partition coefficient (Wildman–Crippen LogP) is 1.74. The molecule has 120 valence electrons. The first kappa shape index (κ1) is 19.3. The summed E-state index contributed by atoms with van der Waals surface area (Å²) in [5, 5.41) is 14.6. The molecule has 0 saturated heterocycles. The Morgan fingerprint density at radius 1 is 1.05 bits per heavy atom. The quantitative estimate of drug-likeness (QED) is 0.639. The van der Waals surface area contributed by atoms with Crippen LogP contribution in [0.2, 0.25) is 0 Å². The van der Waals surface area contributed by atoms with Crippen LogP contribution in [0.3, 0.4) is 0 Å². The van der Waals surface area contributed by atoms with Gasteiger partial charge in [-0.05, 0) is 25.7 Å². The minimum absolute atomic E-state index is 0.00734. The summed E-state index contributed by atoms with van der Waals surface area (Å²) in [5.74, 6) is -0.920. The van der Waals surface area contributed by atoms with E-state index in [0.717, 1.165) is 0 Å². The zero-order chi connectivity index (χ0) is 16.0. The smallest absolute Gasteiger partial charge is 0.311 e. The molecule has 20 heavy (non-hydrogen) atoms. The number of carbonyl (C=O) groups is 1. The van der Waals surface area contributed by atoms with E-state index in [9.17, 15) is 18.3 Å². The maximum absolute atomic E-state index is 11.7. The van der Waals surface area contributed by atoms with Gasteiger partial charge in [0.15, 0.2) is 0 Å². The van der Waals surface area contributed by atoms with E-state index in [2.05, 4.69) is 0 Å². The molecule has 6 nitrogen and oxygen atoms in total. The van der Waals surface area contributed by atoms with Crippen LogP contribution in [0.4, 0.5) is 0 Å². The molecule has 0 aromatic rings. The minimum atomic E-state index is -3.75. The third kappa shape index (κ3) is 3.93. The zero-order valence-corrected chi connectivity index (χ0v) is 13.6. The van der Waals surface area contributed by atoms with Gasteiger partial charge in [-0.1, -0.05) is 27.7 Å². The maximum Gasteiger partial charge on any atom is 0.311 e. The summed E-state index contributed by atoms with van der Waals surface area (Å²) >= 11 is 0. The van der Waals surface area contributed by atoms with Crippen LogP contribution in [-0.4, -0.2) is 37.5 Å². The van der Waals surface area contributed by atoms with Gasteiger partial charge in [0.1, 0.15) is 4.75 Å². The molecule has 0 radical (unpaired) electrons. The zero-order valence-electron chi connectivity index (χ0n) is 12.8. The molecule has 0 unspecified atom stereocenters. The number of ether oxygens (including phenoxy) is 1. The molecule has 0 rings (SSSR count). The predicted molar refractivity (Wildman–Crippen MR) is 77.9 cm³/mol. The Morgan fingerprint density at radius 2 is 1.50 bits per heavy atom. The second-order valence-corrected chi connectivity index (χ2v) is 7.18. The first-order chi connectivity index (χ1) is 9.14. The highest BCUT2D eigenvalue weighted by molar-refractivity contribution is 7.90. The lowest BCUT2D eigenvalue weighted by molar-refractivity contribution is -0.154. The second kappa shape index (κ2) is 7.38. The molecule has 0 bridgehead atoms. The minimum Gasteiger partial charge on any atom is -0.481 e. The van der Waals surface area contributed by atoms with Gasteiger partial charge in [0.25, 0.3) is 0 Å². The summed E-state index contributed by atoms with van der Waals surface area (Å²) < 4.78 is 27.8. The average Bonchev–Trinajstić information content (AvgIpc) is 2.38. The largest absolute Gasteiger partial charge is 0.481 e. The highest BCUT2D eigenvalue weighted by Crippen LogP contribution is 2.29. The Hall–Kier alpha value is -0.660. The number of primary sulfonamides is 1. The van der Waals surface area contributed by atoms with Gasteiger partial charge in [-0.15, -0.1) is 0 Å². The molecule has 0 aliphatic carbocycles. The van der Waals surface area contributed by atoms with Crippen molar-refractivity contribution in [2.24, 2.45) is 10.6 Å². The first-order valence-corrected chi connectivity index (χ1v) is 8.52. The topological polar surface area (TPSA) is 107 Å². The van der Waals surface area contributed by atoms with Crippen LogP contribution >= 0.6 is 0 Å². The van der Waals surface area contributed by atoms with Crippen molar-refractivity contribution in [3.8, 4) is 0 Å². The number of sulfonamides is 1. The highest BCUT2D eigenvalue weighted by Gasteiger charge is 2.41. The van der Waals surface area contributed by atoms with Gasteiger partial charge in [0, 0.05) is 0 Å². The van der Waals surface area contributed by atoms with Gasteiger partial charge in [-0.25, -0.2) is 13.6 Å². The van der Waals surface area contributed by atoms with Crippen molar-refractivity contribution in [1.29, 1.82) is 0 Å². The number of aliphatic carboxylic acids is 1. The molecule has 0 heterocycles. The van der Waals surface area contributed by atoms with Gasteiger partial charge in [0.2, 0.25) is 10.0 Å². The lowest BCUT2D eigenvalue weighted by Crippen LogP contribution is -2.47. The molecular weight excluding hydrogens is 282 g/mol. The van der Waals surface area contributed by atoms with Crippen LogP contribution in [-0.2, 0) is 19.6 Å². The van der Waals surface area contributed by atoms with Crippen molar-refractivity contribution in [2.45, 2.75) is 58.1 Å². The van der Waals surface area contributed by atoms with E-state index >= 15 is 0 Å². The number of rotatable bonds is 10. The van der Waals surface area contributed by atoms with Crippen molar-refractivity contribution in [2.75, 3.05) is 13.2 Å². The molecule has 0 aliphatic rings. The SMILES string of the molecule is CCC(CC)(COCC(CC)(CC)S(N)(=O)=O)C(=O)O. The summed E-state index contributed by atoms with van der Waals surface area (Å²) in [7, 11) is -3.75. The Balaban J connectivity index is 4.96. The molecule has 0 amide bonds. The number of hydrogen-bond acceptors (Lipinski definition) is 4. The summed E-state index contributed by atoms with van der Waals surface area (Å²) in [5.41, 5.74) is -0.967.